The van der Waals surface area contributed by atoms with E-state index in [1.54, 1.807) is 6.08 Å². The molecule has 0 saturated carbocycles. The summed E-state index contributed by atoms with van der Waals surface area (Å²) in [4.78, 5) is 7.11. The Hall–Kier alpha value is -2.50. The standard InChI is InChI=1S/C19H21F2N3O/c1-11(17-12(2)24-25-13(17)3)9-15-16(10-23-18(15)22-4)14-5-7-19(20,21)8-6-14/h5,9-10,23H,4,6-8H2,1-3H3/b11-9+. The van der Waals surface area contributed by atoms with Crippen LogP contribution in [-0.2, 0) is 0 Å². The Balaban J connectivity index is 2.05. The molecule has 1 aliphatic carbocycles. The van der Waals surface area contributed by atoms with Gasteiger partial charge in [-0.05, 0) is 51.1 Å². The Kier molecular flexibility index (Phi) is 4.45. The lowest BCUT2D eigenvalue weighted by molar-refractivity contribution is -0.00603. The van der Waals surface area contributed by atoms with Gasteiger partial charge in [-0.1, -0.05) is 11.2 Å². The molecule has 0 saturated heterocycles. The van der Waals surface area contributed by atoms with Crippen LogP contribution in [0.25, 0.3) is 17.2 Å². The summed E-state index contributed by atoms with van der Waals surface area (Å²) < 4.78 is 32.1. The highest BCUT2D eigenvalue weighted by Gasteiger charge is 2.31. The molecule has 0 unspecified atom stereocenters. The summed E-state index contributed by atoms with van der Waals surface area (Å²) in [5.41, 5.74) is 5.39. The molecule has 0 amide bonds. The first kappa shape index (κ1) is 17.3. The highest BCUT2D eigenvalue weighted by molar-refractivity contribution is 5.89. The molecule has 2 aromatic rings. The molecule has 3 rings (SSSR count). The van der Waals surface area contributed by atoms with Gasteiger partial charge < -0.3 is 9.51 Å². The van der Waals surface area contributed by atoms with Crippen molar-refractivity contribution in [1.82, 2.24) is 10.1 Å². The van der Waals surface area contributed by atoms with Crippen molar-refractivity contribution in [2.75, 3.05) is 0 Å². The van der Waals surface area contributed by atoms with Crippen LogP contribution in [0.2, 0.25) is 0 Å². The molecule has 4 nitrogen and oxygen atoms in total. The number of halogens is 2. The van der Waals surface area contributed by atoms with Gasteiger partial charge in [-0.25, -0.2) is 13.8 Å². The van der Waals surface area contributed by atoms with E-state index >= 15 is 0 Å². The van der Waals surface area contributed by atoms with Crippen molar-refractivity contribution < 1.29 is 13.3 Å². The molecule has 132 valence electrons. The third-order valence-electron chi connectivity index (χ3n) is 4.60. The smallest absolute Gasteiger partial charge is 0.251 e. The second-order valence-corrected chi connectivity index (χ2v) is 6.44. The first-order valence-corrected chi connectivity index (χ1v) is 8.19. The molecule has 1 aliphatic rings. The Bertz CT molecular complexity index is 852. The van der Waals surface area contributed by atoms with Crippen LogP contribution in [0.5, 0.6) is 0 Å². The Labute approximate surface area is 145 Å². The van der Waals surface area contributed by atoms with Gasteiger partial charge in [-0.2, -0.15) is 0 Å². The summed E-state index contributed by atoms with van der Waals surface area (Å²) in [5.74, 6) is -1.24. The van der Waals surface area contributed by atoms with Gasteiger partial charge in [-0.15, -0.1) is 0 Å². The summed E-state index contributed by atoms with van der Waals surface area (Å²) >= 11 is 0. The average Bonchev–Trinajstić information content (AvgIpc) is 3.10. The topological polar surface area (TPSA) is 54.2 Å². The minimum Gasteiger partial charge on any atom is -0.361 e. The lowest BCUT2D eigenvalue weighted by atomic mass is 9.90. The van der Waals surface area contributed by atoms with Gasteiger partial charge in [-0.3, -0.25) is 0 Å². The van der Waals surface area contributed by atoms with Crippen molar-refractivity contribution in [1.29, 1.82) is 0 Å². The zero-order valence-corrected chi connectivity index (χ0v) is 14.6. The fourth-order valence-electron chi connectivity index (χ4n) is 3.34. The first-order valence-electron chi connectivity index (χ1n) is 8.19. The second kappa shape index (κ2) is 6.43. The number of rotatable bonds is 4. The van der Waals surface area contributed by atoms with Crippen molar-refractivity contribution in [3.8, 4) is 0 Å². The summed E-state index contributed by atoms with van der Waals surface area (Å²) in [7, 11) is 0. The summed E-state index contributed by atoms with van der Waals surface area (Å²) in [6.45, 7) is 9.32. The quantitative estimate of drug-likeness (QED) is 0.721. The Morgan fingerprint density at radius 2 is 2.20 bits per heavy atom. The molecule has 25 heavy (non-hydrogen) atoms. The molecule has 0 aromatic carbocycles. The zero-order valence-electron chi connectivity index (χ0n) is 14.6. The normalized spacial score (nSPS) is 17.5. The van der Waals surface area contributed by atoms with E-state index in [2.05, 4.69) is 21.9 Å². The molecular weight excluding hydrogens is 324 g/mol. The number of aliphatic imine (C=N–C) groups is 1. The van der Waals surface area contributed by atoms with E-state index < -0.39 is 5.92 Å². The molecule has 0 bridgehead atoms. The van der Waals surface area contributed by atoms with E-state index in [1.807, 2.05) is 33.0 Å². The fraction of sp³-hybridized carbons (Fsp3) is 0.368. The van der Waals surface area contributed by atoms with Crippen LogP contribution in [0, 0.1) is 13.8 Å². The summed E-state index contributed by atoms with van der Waals surface area (Å²) in [6.07, 6.45) is 5.40. The average molecular weight is 345 g/mol. The summed E-state index contributed by atoms with van der Waals surface area (Å²) in [6, 6.07) is 0. The number of aryl methyl sites for hydroxylation is 2. The van der Waals surface area contributed by atoms with E-state index in [0.717, 1.165) is 39.3 Å². The number of nitrogens with one attached hydrogen (secondary N) is 1. The monoisotopic (exact) mass is 345 g/mol. The van der Waals surface area contributed by atoms with Gasteiger partial charge >= 0.3 is 0 Å². The van der Waals surface area contributed by atoms with Crippen molar-refractivity contribution in [2.24, 2.45) is 4.99 Å². The third kappa shape index (κ3) is 3.34. The molecule has 2 aromatic heterocycles. The predicted octanol–water partition coefficient (Wildman–Crippen LogP) is 5.71. The van der Waals surface area contributed by atoms with Crippen molar-refractivity contribution in [3.63, 3.8) is 0 Å². The number of hydrogen-bond acceptors (Lipinski definition) is 3. The van der Waals surface area contributed by atoms with E-state index in [-0.39, 0.29) is 12.8 Å². The number of nitrogens with zero attached hydrogens (tertiary/aromatic N) is 2. The minimum atomic E-state index is -2.61. The van der Waals surface area contributed by atoms with Gasteiger partial charge in [0.1, 0.15) is 11.6 Å². The predicted molar refractivity (Wildman–Crippen MR) is 96.3 cm³/mol. The number of H-pyrrole nitrogens is 1. The molecule has 0 fully saturated rings. The molecule has 0 aliphatic heterocycles. The SMILES string of the molecule is C=Nc1[nH]cc(C2=CCC(F)(F)CC2)c1/C=C(\C)c1c(C)noc1C. The van der Waals surface area contributed by atoms with E-state index in [9.17, 15) is 8.78 Å². The molecular formula is C19H21F2N3O. The molecule has 0 radical (unpaired) electrons. The lowest BCUT2D eigenvalue weighted by Gasteiger charge is -2.21. The third-order valence-corrected chi connectivity index (χ3v) is 4.60. The molecule has 2 heterocycles. The summed E-state index contributed by atoms with van der Waals surface area (Å²) in [5, 5.41) is 3.98. The number of alkyl halides is 2. The highest BCUT2D eigenvalue weighted by Crippen LogP contribution is 2.40. The van der Waals surface area contributed by atoms with Crippen molar-refractivity contribution in [2.45, 2.75) is 46.0 Å². The van der Waals surface area contributed by atoms with Crippen LogP contribution in [0.1, 0.15) is 54.3 Å². The van der Waals surface area contributed by atoms with Crippen LogP contribution in [0.15, 0.2) is 21.8 Å². The Morgan fingerprint density at radius 1 is 1.44 bits per heavy atom. The number of hydrogen-bond donors (Lipinski definition) is 1. The number of aromatic amines is 1. The van der Waals surface area contributed by atoms with E-state index in [1.165, 1.54) is 0 Å². The zero-order chi connectivity index (χ0) is 18.2. The molecule has 6 heteroatoms. The van der Waals surface area contributed by atoms with Gasteiger partial charge in [0.25, 0.3) is 5.92 Å². The largest absolute Gasteiger partial charge is 0.361 e. The van der Waals surface area contributed by atoms with Crippen LogP contribution >= 0.6 is 0 Å². The number of allylic oxidation sites excluding steroid dienone is 3. The van der Waals surface area contributed by atoms with Crippen LogP contribution in [0.3, 0.4) is 0 Å². The molecule has 1 N–H and O–H groups in total. The van der Waals surface area contributed by atoms with Crippen LogP contribution in [-0.4, -0.2) is 22.8 Å². The van der Waals surface area contributed by atoms with Gasteiger partial charge in [0, 0.05) is 35.7 Å². The second-order valence-electron chi connectivity index (χ2n) is 6.44. The first-order chi connectivity index (χ1) is 11.8. The molecule has 0 atom stereocenters. The maximum absolute atomic E-state index is 13.4. The van der Waals surface area contributed by atoms with Crippen LogP contribution in [0.4, 0.5) is 14.6 Å². The fourth-order valence-corrected chi connectivity index (χ4v) is 3.34. The van der Waals surface area contributed by atoms with E-state index in [4.69, 9.17) is 4.52 Å². The van der Waals surface area contributed by atoms with E-state index in [0.29, 0.717) is 12.2 Å². The maximum atomic E-state index is 13.4. The lowest BCUT2D eigenvalue weighted by Crippen LogP contribution is -2.18. The van der Waals surface area contributed by atoms with Crippen molar-refractivity contribution >= 4 is 29.8 Å². The maximum Gasteiger partial charge on any atom is 0.251 e. The van der Waals surface area contributed by atoms with Gasteiger partial charge in [0.05, 0.1) is 5.69 Å². The minimum absolute atomic E-state index is 0.132. The van der Waals surface area contributed by atoms with Gasteiger partial charge in [0.2, 0.25) is 0 Å². The van der Waals surface area contributed by atoms with Crippen LogP contribution < -0.4 is 0 Å². The van der Waals surface area contributed by atoms with Gasteiger partial charge in [0.15, 0.2) is 0 Å². The number of aromatic nitrogens is 2. The highest BCUT2D eigenvalue weighted by atomic mass is 19.3. The molecule has 0 spiro atoms. The van der Waals surface area contributed by atoms with Crippen molar-refractivity contribution in [3.05, 3.63) is 40.4 Å². The Morgan fingerprint density at radius 3 is 2.76 bits per heavy atom.